The van der Waals surface area contributed by atoms with Crippen molar-refractivity contribution in [2.75, 3.05) is 0 Å². The van der Waals surface area contributed by atoms with Crippen molar-refractivity contribution in [3.8, 4) is 0 Å². The van der Waals surface area contributed by atoms with E-state index >= 15 is 0 Å². The first kappa shape index (κ1) is 23.8. The van der Waals surface area contributed by atoms with Gasteiger partial charge in [0.2, 0.25) is 0 Å². The lowest BCUT2D eigenvalue weighted by atomic mass is 9.70. The van der Waals surface area contributed by atoms with Crippen LogP contribution in [0.3, 0.4) is 0 Å². The first-order valence-electron chi connectivity index (χ1n) is 10.5. The molecule has 0 aliphatic carbocycles. The second kappa shape index (κ2) is 10.7. The fourth-order valence-electron chi connectivity index (χ4n) is 4.16. The van der Waals surface area contributed by atoms with E-state index in [4.69, 9.17) is 27.9 Å². The van der Waals surface area contributed by atoms with Crippen LogP contribution in [0, 0.1) is 6.92 Å². The van der Waals surface area contributed by atoms with E-state index in [1.165, 1.54) is 0 Å². The van der Waals surface area contributed by atoms with E-state index < -0.39 is 12.9 Å². The maximum Gasteiger partial charge on any atom is 0.634 e. The highest BCUT2D eigenvalue weighted by atomic mass is 35.5. The minimum atomic E-state index is -1.96. The van der Waals surface area contributed by atoms with Gasteiger partial charge in [-0.2, -0.15) is 0 Å². The summed E-state index contributed by atoms with van der Waals surface area (Å²) in [5, 5.41) is 21.4. The third kappa shape index (κ3) is 5.52. The molecule has 3 rings (SSSR count). The van der Waals surface area contributed by atoms with Gasteiger partial charge in [-0.3, -0.25) is 0 Å². The van der Waals surface area contributed by atoms with Crippen LogP contribution in [0.2, 0.25) is 10.0 Å². The highest BCUT2D eigenvalue weighted by Gasteiger charge is 2.46. The van der Waals surface area contributed by atoms with Crippen LogP contribution in [0.5, 0.6) is 0 Å². The molecule has 0 saturated carbocycles. The Balaban J connectivity index is 2.31. The summed E-state index contributed by atoms with van der Waals surface area (Å²) < 4.78 is 6.07. The zero-order chi connectivity index (χ0) is 22.4. The summed E-state index contributed by atoms with van der Waals surface area (Å²) in [6.45, 7) is 4.15. The highest BCUT2D eigenvalue weighted by molar-refractivity contribution is 6.33. The van der Waals surface area contributed by atoms with Gasteiger partial charge in [0.1, 0.15) is 5.60 Å². The molecule has 0 aliphatic heterocycles. The Morgan fingerprint density at radius 2 is 1.32 bits per heavy atom. The van der Waals surface area contributed by atoms with Crippen molar-refractivity contribution in [3.63, 3.8) is 0 Å². The molecule has 2 N–H and O–H groups in total. The third-order valence-corrected chi connectivity index (χ3v) is 6.16. The van der Waals surface area contributed by atoms with Gasteiger partial charge in [-0.15, -0.1) is 0 Å². The lowest BCUT2D eigenvalue weighted by Gasteiger charge is -2.43. The minimum Gasteiger partial charge on any atom is -0.402 e. The summed E-state index contributed by atoms with van der Waals surface area (Å²) in [5.74, 6) is -0.199. The predicted octanol–water partition coefficient (Wildman–Crippen LogP) is 6.51. The molecule has 2 atom stereocenters. The molecule has 3 aromatic rings. The fourth-order valence-corrected chi connectivity index (χ4v) is 4.41. The van der Waals surface area contributed by atoms with Gasteiger partial charge in [-0.1, -0.05) is 97.1 Å². The molecule has 3 nitrogen and oxygen atoms in total. The molecule has 0 spiro atoms. The summed E-state index contributed by atoms with van der Waals surface area (Å²) in [6.07, 6.45) is 2.72. The SMILES string of the molecule is CCCCC(c1ccc(Cl)cc1)C(OB(O)O)(c1ccc(C)cc1)c1ccc(Cl)cc1. The molecule has 0 fully saturated rings. The number of unbranched alkanes of at least 4 members (excludes halogenated alkanes) is 1. The quantitative estimate of drug-likeness (QED) is 0.361. The van der Waals surface area contributed by atoms with Crippen LogP contribution in [0.4, 0.5) is 0 Å². The number of aryl methyl sites for hydroxylation is 1. The van der Waals surface area contributed by atoms with Crippen molar-refractivity contribution in [2.45, 2.75) is 44.6 Å². The second-order valence-electron chi connectivity index (χ2n) is 7.80. The van der Waals surface area contributed by atoms with E-state index in [2.05, 4.69) is 6.92 Å². The Labute approximate surface area is 194 Å². The number of rotatable bonds is 9. The largest absolute Gasteiger partial charge is 0.634 e. The van der Waals surface area contributed by atoms with Crippen molar-refractivity contribution in [1.82, 2.24) is 0 Å². The van der Waals surface area contributed by atoms with Gasteiger partial charge in [-0.25, -0.2) is 0 Å². The van der Waals surface area contributed by atoms with Crippen molar-refractivity contribution in [3.05, 3.63) is 105 Å². The Bertz CT molecular complexity index is 912. The van der Waals surface area contributed by atoms with Crippen LogP contribution < -0.4 is 0 Å². The van der Waals surface area contributed by atoms with Gasteiger partial charge < -0.3 is 14.7 Å². The molecule has 0 amide bonds. The van der Waals surface area contributed by atoms with Gasteiger partial charge in [0.05, 0.1) is 0 Å². The summed E-state index contributed by atoms with van der Waals surface area (Å²) in [5.41, 5.74) is 2.61. The molecule has 0 saturated heterocycles. The minimum absolute atomic E-state index is 0.199. The maximum atomic E-state index is 10.1. The summed E-state index contributed by atoms with van der Waals surface area (Å²) in [6, 6.07) is 23.0. The molecular weight excluding hydrogens is 430 g/mol. The van der Waals surface area contributed by atoms with E-state index in [1.54, 1.807) is 12.1 Å². The normalized spacial score (nSPS) is 14.1. The summed E-state index contributed by atoms with van der Waals surface area (Å²) in [4.78, 5) is 0. The standard InChI is InChI=1S/C25H27BCl2O3/c1-3-4-5-24(19-8-14-22(27)15-9-19)25(31-26(29)30,20-10-6-18(2)7-11-20)21-12-16-23(28)17-13-21/h6-17,24,29-30H,3-5H2,1-2H3. The number of hydrogen-bond acceptors (Lipinski definition) is 3. The first-order chi connectivity index (χ1) is 14.9. The maximum absolute atomic E-state index is 10.1. The zero-order valence-corrected chi connectivity index (χ0v) is 19.3. The third-order valence-electron chi connectivity index (χ3n) is 5.65. The zero-order valence-electron chi connectivity index (χ0n) is 17.8. The highest BCUT2D eigenvalue weighted by Crippen LogP contribution is 2.48. The molecular formula is C25H27BCl2O3. The lowest BCUT2D eigenvalue weighted by Crippen LogP contribution is -2.43. The average Bonchev–Trinajstić information content (AvgIpc) is 2.75. The summed E-state index contributed by atoms with van der Waals surface area (Å²) in [7, 11) is -1.96. The topological polar surface area (TPSA) is 49.7 Å². The van der Waals surface area contributed by atoms with Crippen molar-refractivity contribution < 1.29 is 14.7 Å². The van der Waals surface area contributed by atoms with Gasteiger partial charge in [0.15, 0.2) is 0 Å². The number of benzene rings is 3. The monoisotopic (exact) mass is 456 g/mol. The van der Waals surface area contributed by atoms with Crippen LogP contribution in [0.25, 0.3) is 0 Å². The van der Waals surface area contributed by atoms with E-state index in [1.807, 2.05) is 67.6 Å². The second-order valence-corrected chi connectivity index (χ2v) is 8.67. The molecule has 0 heterocycles. The summed E-state index contributed by atoms with van der Waals surface area (Å²) >= 11 is 12.3. The van der Waals surface area contributed by atoms with E-state index in [0.29, 0.717) is 10.0 Å². The Morgan fingerprint density at radius 1 is 0.839 bits per heavy atom. The number of hydrogen-bond donors (Lipinski definition) is 2. The van der Waals surface area contributed by atoms with Crippen molar-refractivity contribution in [1.29, 1.82) is 0 Å². The van der Waals surface area contributed by atoms with Crippen LogP contribution in [0.1, 0.15) is 54.4 Å². The Hall–Kier alpha value is -1.82. The Kier molecular flexibility index (Phi) is 8.20. The van der Waals surface area contributed by atoms with Gasteiger partial charge in [0.25, 0.3) is 0 Å². The average molecular weight is 457 g/mol. The van der Waals surface area contributed by atoms with Crippen molar-refractivity contribution >= 4 is 30.5 Å². The van der Waals surface area contributed by atoms with E-state index in [9.17, 15) is 10.0 Å². The van der Waals surface area contributed by atoms with Crippen LogP contribution >= 0.6 is 23.2 Å². The molecule has 6 heteroatoms. The van der Waals surface area contributed by atoms with Crippen LogP contribution in [0.15, 0.2) is 72.8 Å². The van der Waals surface area contributed by atoms with Gasteiger partial charge in [-0.05, 0) is 54.3 Å². The predicted molar refractivity (Wildman–Crippen MR) is 128 cm³/mol. The molecule has 31 heavy (non-hydrogen) atoms. The smallest absolute Gasteiger partial charge is 0.402 e. The van der Waals surface area contributed by atoms with Crippen molar-refractivity contribution in [2.24, 2.45) is 0 Å². The molecule has 0 bridgehead atoms. The molecule has 0 aromatic heterocycles. The molecule has 2 unspecified atom stereocenters. The Morgan fingerprint density at radius 3 is 1.81 bits per heavy atom. The van der Waals surface area contributed by atoms with Gasteiger partial charge >= 0.3 is 7.32 Å². The fraction of sp³-hybridized carbons (Fsp3) is 0.280. The van der Waals surface area contributed by atoms with Crippen LogP contribution in [-0.2, 0) is 10.3 Å². The lowest BCUT2D eigenvalue weighted by molar-refractivity contribution is 0.0223. The number of halogens is 2. The molecule has 162 valence electrons. The first-order valence-corrected chi connectivity index (χ1v) is 11.2. The van der Waals surface area contributed by atoms with E-state index in [-0.39, 0.29) is 5.92 Å². The molecule has 0 aliphatic rings. The molecule has 0 radical (unpaired) electrons. The molecule has 3 aromatic carbocycles. The van der Waals surface area contributed by atoms with E-state index in [0.717, 1.165) is 41.5 Å². The van der Waals surface area contributed by atoms with Gasteiger partial charge in [0, 0.05) is 16.0 Å². The van der Waals surface area contributed by atoms with Crippen LogP contribution in [-0.4, -0.2) is 17.4 Å².